The predicted molar refractivity (Wildman–Crippen MR) is 70.2 cm³/mol. The molecule has 0 fully saturated rings. The minimum absolute atomic E-state index is 0.163. The van der Waals surface area contributed by atoms with E-state index in [2.05, 4.69) is 5.32 Å². The van der Waals surface area contributed by atoms with Crippen LogP contribution in [0.3, 0.4) is 0 Å². The second-order valence-corrected chi connectivity index (χ2v) is 3.57. The Balaban J connectivity index is 2.87. The summed E-state index contributed by atoms with van der Waals surface area (Å²) in [5.74, 6) is 1.07. The van der Waals surface area contributed by atoms with Crippen molar-refractivity contribution in [2.75, 3.05) is 26.3 Å². The lowest BCUT2D eigenvalue weighted by atomic mass is 10.2. The number of carbonyl (C=O) groups excluding carboxylic acids is 1. The quantitative estimate of drug-likeness (QED) is 0.764. The van der Waals surface area contributed by atoms with E-state index in [0.29, 0.717) is 43.4 Å². The highest BCUT2D eigenvalue weighted by Crippen LogP contribution is 2.28. The first kappa shape index (κ1) is 14.3. The van der Waals surface area contributed by atoms with Crippen molar-refractivity contribution in [3.63, 3.8) is 0 Å². The standard InChI is InChI=1S/C13H20N2O3/c1-3-17-11-6-5-10(9-12(11)18-4-2)13(16)15-8-7-14/h5-6,9H,3-4,7-8,14H2,1-2H3,(H,15,16). The fourth-order valence-corrected chi connectivity index (χ4v) is 1.48. The number of nitrogens with two attached hydrogens (primary N) is 1. The van der Waals surface area contributed by atoms with Gasteiger partial charge in [0, 0.05) is 18.7 Å². The third-order valence-electron chi connectivity index (χ3n) is 2.24. The number of hydrogen-bond acceptors (Lipinski definition) is 4. The van der Waals surface area contributed by atoms with E-state index in [1.807, 2.05) is 13.8 Å². The van der Waals surface area contributed by atoms with Crippen LogP contribution in [0.25, 0.3) is 0 Å². The highest BCUT2D eigenvalue weighted by Gasteiger charge is 2.10. The molecule has 0 aliphatic heterocycles. The first-order chi connectivity index (χ1) is 8.72. The third kappa shape index (κ3) is 3.92. The smallest absolute Gasteiger partial charge is 0.251 e. The van der Waals surface area contributed by atoms with E-state index in [4.69, 9.17) is 15.2 Å². The lowest BCUT2D eigenvalue weighted by Crippen LogP contribution is -2.28. The molecule has 0 saturated carbocycles. The van der Waals surface area contributed by atoms with E-state index in [1.54, 1.807) is 18.2 Å². The van der Waals surface area contributed by atoms with Crippen molar-refractivity contribution >= 4 is 5.91 Å². The number of amides is 1. The van der Waals surface area contributed by atoms with Crippen molar-refractivity contribution in [1.82, 2.24) is 5.32 Å². The highest BCUT2D eigenvalue weighted by atomic mass is 16.5. The van der Waals surface area contributed by atoms with Crippen LogP contribution < -0.4 is 20.5 Å². The number of carbonyl (C=O) groups is 1. The lowest BCUT2D eigenvalue weighted by molar-refractivity contribution is 0.0954. The Hall–Kier alpha value is -1.75. The van der Waals surface area contributed by atoms with E-state index < -0.39 is 0 Å². The monoisotopic (exact) mass is 252 g/mol. The van der Waals surface area contributed by atoms with Gasteiger partial charge in [0.1, 0.15) is 0 Å². The summed E-state index contributed by atoms with van der Waals surface area (Å²) in [6, 6.07) is 5.13. The van der Waals surface area contributed by atoms with Crippen molar-refractivity contribution < 1.29 is 14.3 Å². The fraction of sp³-hybridized carbons (Fsp3) is 0.462. The summed E-state index contributed by atoms with van der Waals surface area (Å²) >= 11 is 0. The maximum absolute atomic E-state index is 11.8. The zero-order valence-corrected chi connectivity index (χ0v) is 10.9. The van der Waals surface area contributed by atoms with Gasteiger partial charge in [0.2, 0.25) is 0 Å². The summed E-state index contributed by atoms with van der Waals surface area (Å²) in [6.45, 7) is 5.73. The number of rotatable bonds is 7. The molecule has 1 amide bonds. The van der Waals surface area contributed by atoms with Crippen LogP contribution in [0.15, 0.2) is 18.2 Å². The molecule has 0 atom stereocenters. The Bertz CT molecular complexity index is 394. The molecule has 0 saturated heterocycles. The molecule has 0 aliphatic rings. The third-order valence-corrected chi connectivity index (χ3v) is 2.24. The SMILES string of the molecule is CCOc1ccc(C(=O)NCCN)cc1OCC. The minimum Gasteiger partial charge on any atom is -0.490 e. The van der Waals surface area contributed by atoms with Crippen molar-refractivity contribution in [2.45, 2.75) is 13.8 Å². The van der Waals surface area contributed by atoms with Gasteiger partial charge in [-0.3, -0.25) is 4.79 Å². The number of benzene rings is 1. The molecule has 100 valence electrons. The molecule has 0 spiro atoms. The molecule has 0 bridgehead atoms. The molecule has 1 aromatic rings. The molecule has 0 heterocycles. The number of hydrogen-bond donors (Lipinski definition) is 2. The Kier molecular flexibility index (Phi) is 6.00. The first-order valence-corrected chi connectivity index (χ1v) is 6.10. The molecule has 1 aromatic carbocycles. The average Bonchev–Trinajstić information content (AvgIpc) is 2.38. The molecule has 1 rings (SSSR count). The number of ether oxygens (including phenoxy) is 2. The highest BCUT2D eigenvalue weighted by molar-refractivity contribution is 5.94. The van der Waals surface area contributed by atoms with Gasteiger partial charge in [-0.1, -0.05) is 0 Å². The van der Waals surface area contributed by atoms with E-state index >= 15 is 0 Å². The van der Waals surface area contributed by atoms with E-state index in [1.165, 1.54) is 0 Å². The summed E-state index contributed by atoms with van der Waals surface area (Å²) in [5, 5.41) is 2.71. The largest absolute Gasteiger partial charge is 0.490 e. The molecular formula is C13H20N2O3. The summed E-state index contributed by atoms with van der Waals surface area (Å²) in [7, 11) is 0. The molecule has 5 nitrogen and oxygen atoms in total. The van der Waals surface area contributed by atoms with Gasteiger partial charge in [0.15, 0.2) is 11.5 Å². The normalized spacial score (nSPS) is 9.94. The zero-order valence-electron chi connectivity index (χ0n) is 10.9. The predicted octanol–water partition coefficient (Wildman–Crippen LogP) is 1.17. The molecule has 3 N–H and O–H groups in total. The van der Waals surface area contributed by atoms with Crippen LogP contribution in [-0.2, 0) is 0 Å². The van der Waals surface area contributed by atoms with Gasteiger partial charge in [0.05, 0.1) is 13.2 Å². The average molecular weight is 252 g/mol. The second kappa shape index (κ2) is 7.55. The summed E-state index contributed by atoms with van der Waals surface area (Å²) in [5.41, 5.74) is 5.87. The fourth-order valence-electron chi connectivity index (χ4n) is 1.48. The topological polar surface area (TPSA) is 73.6 Å². The van der Waals surface area contributed by atoms with Crippen LogP contribution in [0.5, 0.6) is 11.5 Å². The van der Waals surface area contributed by atoms with Gasteiger partial charge in [0.25, 0.3) is 5.91 Å². The molecule has 5 heteroatoms. The minimum atomic E-state index is -0.163. The van der Waals surface area contributed by atoms with Crippen molar-refractivity contribution in [1.29, 1.82) is 0 Å². The summed E-state index contributed by atoms with van der Waals surface area (Å²) < 4.78 is 10.9. The maximum atomic E-state index is 11.8. The van der Waals surface area contributed by atoms with Gasteiger partial charge < -0.3 is 20.5 Å². The van der Waals surface area contributed by atoms with E-state index in [9.17, 15) is 4.79 Å². The van der Waals surface area contributed by atoms with Crippen LogP contribution in [0.1, 0.15) is 24.2 Å². The van der Waals surface area contributed by atoms with Crippen LogP contribution in [0.4, 0.5) is 0 Å². The van der Waals surface area contributed by atoms with Crippen LogP contribution in [0.2, 0.25) is 0 Å². The van der Waals surface area contributed by atoms with Gasteiger partial charge in [-0.05, 0) is 32.0 Å². The molecule has 0 unspecified atom stereocenters. The van der Waals surface area contributed by atoms with Gasteiger partial charge in [-0.2, -0.15) is 0 Å². The Morgan fingerprint density at radius 3 is 2.50 bits per heavy atom. The number of nitrogens with one attached hydrogen (secondary N) is 1. The van der Waals surface area contributed by atoms with Crippen molar-refractivity contribution in [3.05, 3.63) is 23.8 Å². The van der Waals surface area contributed by atoms with Gasteiger partial charge in [-0.15, -0.1) is 0 Å². The Morgan fingerprint density at radius 2 is 1.89 bits per heavy atom. The maximum Gasteiger partial charge on any atom is 0.251 e. The Morgan fingerprint density at radius 1 is 1.22 bits per heavy atom. The molecule has 0 aliphatic carbocycles. The molecule has 18 heavy (non-hydrogen) atoms. The van der Waals surface area contributed by atoms with Crippen LogP contribution in [0, 0.1) is 0 Å². The second-order valence-electron chi connectivity index (χ2n) is 3.57. The van der Waals surface area contributed by atoms with Crippen LogP contribution in [-0.4, -0.2) is 32.2 Å². The summed E-state index contributed by atoms with van der Waals surface area (Å²) in [6.07, 6.45) is 0. The Labute approximate surface area is 107 Å². The van der Waals surface area contributed by atoms with Gasteiger partial charge in [-0.25, -0.2) is 0 Å². The van der Waals surface area contributed by atoms with E-state index in [-0.39, 0.29) is 5.91 Å². The van der Waals surface area contributed by atoms with Gasteiger partial charge >= 0.3 is 0 Å². The molecule has 0 aromatic heterocycles. The first-order valence-electron chi connectivity index (χ1n) is 6.10. The molecular weight excluding hydrogens is 232 g/mol. The van der Waals surface area contributed by atoms with Crippen molar-refractivity contribution in [3.8, 4) is 11.5 Å². The van der Waals surface area contributed by atoms with E-state index in [0.717, 1.165) is 0 Å². The zero-order chi connectivity index (χ0) is 13.4. The van der Waals surface area contributed by atoms with Crippen LogP contribution >= 0.6 is 0 Å². The lowest BCUT2D eigenvalue weighted by Gasteiger charge is -2.12. The summed E-state index contributed by atoms with van der Waals surface area (Å²) in [4.78, 5) is 11.8. The van der Waals surface area contributed by atoms with Crippen molar-refractivity contribution in [2.24, 2.45) is 5.73 Å². The molecule has 0 radical (unpaired) electrons.